The van der Waals surface area contributed by atoms with E-state index in [4.69, 9.17) is 4.74 Å². The number of benzene rings is 1. The van der Waals surface area contributed by atoms with Crippen LogP contribution in [0.1, 0.15) is 10.4 Å². The number of carbonyl (C=O) groups excluding carboxylic acids is 1. The van der Waals surface area contributed by atoms with Crippen LogP contribution in [-0.4, -0.2) is 48.5 Å². The Hall–Kier alpha value is -2.19. The molecule has 2 rings (SSSR count). The molecular weight excluding hydrogens is 268 g/mol. The normalized spacial score (nSPS) is 21.5. The Morgan fingerprint density at radius 2 is 2.30 bits per heavy atom. The van der Waals surface area contributed by atoms with Crippen LogP contribution >= 0.6 is 0 Å². The summed E-state index contributed by atoms with van der Waals surface area (Å²) in [7, 11) is 1.23. The zero-order valence-electron chi connectivity index (χ0n) is 10.7. The molecule has 108 valence electrons. The Kier molecular flexibility index (Phi) is 4.16. The number of aliphatic hydroxyl groups is 1. The van der Waals surface area contributed by atoms with E-state index >= 15 is 0 Å². The highest BCUT2D eigenvalue weighted by Crippen LogP contribution is 2.27. The summed E-state index contributed by atoms with van der Waals surface area (Å²) in [5.41, 5.74) is 0.151. The maximum Gasteiger partial charge on any atom is 0.337 e. The molecular formula is C12H14N2O6. The molecule has 2 atom stereocenters. The zero-order chi connectivity index (χ0) is 14.7. The third kappa shape index (κ3) is 2.86. The predicted molar refractivity (Wildman–Crippen MR) is 68.7 cm³/mol. The quantitative estimate of drug-likeness (QED) is 0.471. The molecule has 0 radical (unpaired) electrons. The fraction of sp³-hybridized carbons (Fsp3) is 0.417. The second-order valence-corrected chi connectivity index (χ2v) is 4.34. The van der Waals surface area contributed by atoms with E-state index in [-0.39, 0.29) is 30.2 Å². The molecule has 1 aromatic rings. The zero-order valence-corrected chi connectivity index (χ0v) is 10.7. The van der Waals surface area contributed by atoms with Gasteiger partial charge in [0.1, 0.15) is 5.69 Å². The molecule has 1 saturated heterocycles. The first-order chi connectivity index (χ1) is 9.52. The summed E-state index contributed by atoms with van der Waals surface area (Å²) in [5, 5.41) is 23.5. The number of rotatable bonds is 4. The van der Waals surface area contributed by atoms with Crippen molar-refractivity contribution in [1.82, 2.24) is 0 Å². The van der Waals surface area contributed by atoms with Crippen molar-refractivity contribution >= 4 is 17.3 Å². The van der Waals surface area contributed by atoms with Crippen molar-refractivity contribution in [3.8, 4) is 0 Å². The van der Waals surface area contributed by atoms with Crippen molar-refractivity contribution < 1.29 is 24.3 Å². The molecule has 1 fully saturated rings. The van der Waals surface area contributed by atoms with Crippen molar-refractivity contribution in [2.45, 2.75) is 12.1 Å². The molecule has 1 aromatic carbocycles. The van der Waals surface area contributed by atoms with Gasteiger partial charge in [0.2, 0.25) is 0 Å². The van der Waals surface area contributed by atoms with Crippen LogP contribution < -0.4 is 5.32 Å². The predicted octanol–water partition coefficient (Wildman–Crippen LogP) is 0.553. The molecule has 1 aliphatic heterocycles. The van der Waals surface area contributed by atoms with Crippen molar-refractivity contribution in [2.24, 2.45) is 0 Å². The van der Waals surface area contributed by atoms with E-state index in [0.29, 0.717) is 0 Å². The summed E-state index contributed by atoms with van der Waals surface area (Å²) in [4.78, 5) is 21.9. The minimum absolute atomic E-state index is 0.146. The van der Waals surface area contributed by atoms with Gasteiger partial charge >= 0.3 is 5.97 Å². The summed E-state index contributed by atoms with van der Waals surface area (Å²) in [6.45, 7) is 0.406. The van der Waals surface area contributed by atoms with Gasteiger partial charge < -0.3 is 19.9 Å². The minimum Gasteiger partial charge on any atom is -0.465 e. The van der Waals surface area contributed by atoms with Crippen LogP contribution in [-0.2, 0) is 9.47 Å². The lowest BCUT2D eigenvalue weighted by Crippen LogP contribution is -2.32. The fourth-order valence-electron chi connectivity index (χ4n) is 1.94. The molecule has 1 heterocycles. The van der Waals surface area contributed by atoms with Gasteiger partial charge in [-0.1, -0.05) is 0 Å². The molecule has 20 heavy (non-hydrogen) atoms. The van der Waals surface area contributed by atoms with Gasteiger partial charge in [-0.25, -0.2) is 4.79 Å². The Labute approximate surface area is 114 Å². The lowest BCUT2D eigenvalue weighted by molar-refractivity contribution is -0.384. The van der Waals surface area contributed by atoms with E-state index < -0.39 is 23.0 Å². The van der Waals surface area contributed by atoms with Crippen LogP contribution in [0.3, 0.4) is 0 Å². The second kappa shape index (κ2) is 5.85. The van der Waals surface area contributed by atoms with E-state index in [2.05, 4.69) is 10.1 Å². The number of carbonyl (C=O) groups is 1. The Morgan fingerprint density at radius 1 is 1.55 bits per heavy atom. The maximum absolute atomic E-state index is 11.5. The van der Waals surface area contributed by atoms with E-state index in [1.165, 1.54) is 25.3 Å². The van der Waals surface area contributed by atoms with Crippen molar-refractivity contribution in [1.29, 1.82) is 0 Å². The lowest BCUT2D eigenvalue weighted by Gasteiger charge is -2.16. The molecule has 0 aromatic heterocycles. The molecule has 8 heteroatoms. The van der Waals surface area contributed by atoms with Gasteiger partial charge in [0, 0.05) is 6.07 Å². The molecule has 2 N–H and O–H groups in total. The highest BCUT2D eigenvalue weighted by atomic mass is 16.6. The first-order valence-electron chi connectivity index (χ1n) is 5.92. The molecule has 0 spiro atoms. The number of hydrogen-bond acceptors (Lipinski definition) is 7. The smallest absolute Gasteiger partial charge is 0.337 e. The highest BCUT2D eigenvalue weighted by molar-refractivity contribution is 5.91. The van der Waals surface area contributed by atoms with Crippen LogP contribution in [0, 0.1) is 10.1 Å². The van der Waals surface area contributed by atoms with Crippen LogP contribution in [0.5, 0.6) is 0 Å². The summed E-state index contributed by atoms with van der Waals surface area (Å²) >= 11 is 0. The topological polar surface area (TPSA) is 111 Å². The SMILES string of the molecule is COC(=O)c1ccc([N+](=O)[O-])c(N[C@H]2COC[C@H]2O)c1. The Bertz CT molecular complexity index is 533. The fourth-order valence-corrected chi connectivity index (χ4v) is 1.94. The van der Waals surface area contributed by atoms with Crippen LogP contribution in [0.15, 0.2) is 18.2 Å². The van der Waals surface area contributed by atoms with Crippen molar-refractivity contribution in [3.05, 3.63) is 33.9 Å². The van der Waals surface area contributed by atoms with Gasteiger partial charge in [-0.2, -0.15) is 0 Å². The summed E-state index contributed by atoms with van der Waals surface area (Å²) in [6.07, 6.45) is -0.753. The van der Waals surface area contributed by atoms with Gasteiger partial charge in [-0.15, -0.1) is 0 Å². The number of nitro benzene ring substituents is 1. The number of nitrogens with one attached hydrogen (secondary N) is 1. The maximum atomic E-state index is 11.5. The molecule has 1 aliphatic rings. The van der Waals surface area contributed by atoms with Gasteiger partial charge in [-0.05, 0) is 12.1 Å². The van der Waals surface area contributed by atoms with Gasteiger partial charge in [0.25, 0.3) is 5.69 Å². The average Bonchev–Trinajstić information content (AvgIpc) is 2.83. The van der Waals surface area contributed by atoms with E-state index in [1.807, 2.05) is 0 Å². The molecule has 0 amide bonds. The first-order valence-corrected chi connectivity index (χ1v) is 5.92. The van der Waals surface area contributed by atoms with Crippen molar-refractivity contribution in [2.75, 3.05) is 25.6 Å². The number of esters is 1. The summed E-state index contributed by atoms with van der Waals surface area (Å²) in [5.74, 6) is -0.592. The van der Waals surface area contributed by atoms with Crippen LogP contribution in [0.2, 0.25) is 0 Å². The summed E-state index contributed by atoms with van der Waals surface area (Å²) in [6, 6.07) is 3.41. The highest BCUT2D eigenvalue weighted by Gasteiger charge is 2.28. The van der Waals surface area contributed by atoms with E-state index in [1.54, 1.807) is 0 Å². The van der Waals surface area contributed by atoms with Gasteiger partial charge in [0.15, 0.2) is 0 Å². The second-order valence-electron chi connectivity index (χ2n) is 4.34. The number of nitrogens with zero attached hydrogens (tertiary/aromatic N) is 1. The number of methoxy groups -OCH3 is 1. The van der Waals surface area contributed by atoms with Crippen LogP contribution in [0.4, 0.5) is 11.4 Å². The standard InChI is InChI=1S/C12H14N2O6/c1-19-12(16)7-2-3-10(14(17)18)8(4-7)13-9-5-20-6-11(9)15/h2-4,9,11,13,15H,5-6H2,1H3/t9-,11+/m0/s1. The average molecular weight is 282 g/mol. The molecule has 8 nitrogen and oxygen atoms in total. The van der Waals surface area contributed by atoms with Gasteiger partial charge in [0.05, 0.1) is 43.0 Å². The number of aliphatic hydroxyl groups excluding tert-OH is 1. The number of ether oxygens (including phenoxy) is 2. The third-order valence-electron chi connectivity index (χ3n) is 3.01. The van der Waals surface area contributed by atoms with E-state index in [9.17, 15) is 20.0 Å². The number of hydrogen-bond donors (Lipinski definition) is 2. The largest absolute Gasteiger partial charge is 0.465 e. The Balaban J connectivity index is 2.31. The monoisotopic (exact) mass is 282 g/mol. The summed E-state index contributed by atoms with van der Waals surface area (Å²) < 4.78 is 9.64. The van der Waals surface area contributed by atoms with Crippen molar-refractivity contribution in [3.63, 3.8) is 0 Å². The molecule has 0 aliphatic carbocycles. The van der Waals surface area contributed by atoms with E-state index in [0.717, 1.165) is 0 Å². The van der Waals surface area contributed by atoms with Gasteiger partial charge in [-0.3, -0.25) is 10.1 Å². The Morgan fingerprint density at radius 3 is 2.85 bits per heavy atom. The molecule has 0 unspecified atom stereocenters. The third-order valence-corrected chi connectivity index (χ3v) is 3.01. The minimum atomic E-state index is -0.753. The first kappa shape index (κ1) is 14.2. The molecule has 0 bridgehead atoms. The number of nitro groups is 1. The number of anilines is 1. The molecule has 0 saturated carbocycles. The lowest BCUT2D eigenvalue weighted by atomic mass is 10.1. The van der Waals surface area contributed by atoms with Crippen LogP contribution in [0.25, 0.3) is 0 Å².